The van der Waals surface area contributed by atoms with Crippen LogP contribution in [-0.4, -0.2) is 27.7 Å². The largest absolute Gasteiger partial charge is 0.419 e. The molecule has 1 saturated carbocycles. The molecule has 0 spiro atoms. The number of nitrogens with zero attached hydrogens (tertiary/aromatic N) is 2. The molecule has 1 heterocycles. The molecule has 1 fully saturated rings. The molecule has 0 amide bonds. The summed E-state index contributed by atoms with van der Waals surface area (Å²) in [5.74, 6) is 1.26. The first-order valence-electron chi connectivity index (χ1n) is 7.49. The van der Waals surface area contributed by atoms with Gasteiger partial charge in [0.05, 0.1) is 6.54 Å². The number of benzene rings is 1. The lowest BCUT2D eigenvalue weighted by molar-refractivity contribution is 0.360. The first-order chi connectivity index (χ1) is 10.3. The molecule has 0 saturated heterocycles. The smallest absolute Gasteiger partial charge is 0.247 e. The molecule has 1 aromatic carbocycles. The Balaban J connectivity index is 1.55. The summed E-state index contributed by atoms with van der Waals surface area (Å²) >= 11 is 1.98. The molecule has 1 N–H and O–H groups in total. The van der Waals surface area contributed by atoms with Crippen molar-refractivity contribution in [3.63, 3.8) is 0 Å². The minimum absolute atomic E-state index is 0.572. The third kappa shape index (κ3) is 3.86. The second kappa shape index (κ2) is 7.09. The van der Waals surface area contributed by atoms with Crippen LogP contribution in [0.3, 0.4) is 0 Å². The molecule has 2 atom stereocenters. The van der Waals surface area contributed by atoms with Crippen molar-refractivity contribution in [1.29, 1.82) is 0 Å². The van der Waals surface area contributed by atoms with E-state index in [0.29, 0.717) is 24.4 Å². The zero-order valence-corrected chi connectivity index (χ0v) is 13.1. The number of hydrogen-bond donors (Lipinski definition) is 1. The van der Waals surface area contributed by atoms with Gasteiger partial charge in [-0.3, -0.25) is 0 Å². The summed E-state index contributed by atoms with van der Waals surface area (Å²) in [6, 6.07) is 10.5. The van der Waals surface area contributed by atoms with E-state index < -0.39 is 0 Å². The highest BCUT2D eigenvalue weighted by Gasteiger charge is 2.21. The number of hydrogen-bond acceptors (Lipinski definition) is 5. The summed E-state index contributed by atoms with van der Waals surface area (Å²) in [5, 5.41) is 12.6. The second-order valence-corrected chi connectivity index (χ2v) is 6.61. The van der Waals surface area contributed by atoms with Crippen molar-refractivity contribution < 1.29 is 4.42 Å². The van der Waals surface area contributed by atoms with Gasteiger partial charge in [0.15, 0.2) is 0 Å². The van der Waals surface area contributed by atoms with Gasteiger partial charge in [-0.25, -0.2) is 0 Å². The Morgan fingerprint density at radius 1 is 1.24 bits per heavy atom. The molecule has 0 radical (unpaired) electrons. The molecule has 2 aromatic rings. The van der Waals surface area contributed by atoms with E-state index in [4.69, 9.17) is 4.42 Å². The Bertz CT molecular complexity index is 558. The zero-order valence-electron chi connectivity index (χ0n) is 12.3. The summed E-state index contributed by atoms with van der Waals surface area (Å²) < 4.78 is 5.72. The quantitative estimate of drug-likeness (QED) is 0.916. The van der Waals surface area contributed by atoms with Crippen LogP contribution in [0.25, 0.3) is 11.5 Å². The van der Waals surface area contributed by atoms with Crippen LogP contribution in [0.1, 0.15) is 31.6 Å². The fourth-order valence-electron chi connectivity index (χ4n) is 2.80. The van der Waals surface area contributed by atoms with Crippen LogP contribution in [0.4, 0.5) is 0 Å². The van der Waals surface area contributed by atoms with Gasteiger partial charge in [0.2, 0.25) is 11.8 Å². The summed E-state index contributed by atoms with van der Waals surface area (Å²) in [6.45, 7) is 0.658. The summed E-state index contributed by atoms with van der Waals surface area (Å²) in [5.41, 5.74) is 0.969. The van der Waals surface area contributed by atoms with E-state index in [1.165, 1.54) is 25.7 Å². The average Bonchev–Trinajstić information content (AvgIpc) is 3.03. The summed E-state index contributed by atoms with van der Waals surface area (Å²) in [6.07, 6.45) is 7.34. The highest BCUT2D eigenvalue weighted by Crippen LogP contribution is 2.27. The third-order valence-corrected chi connectivity index (χ3v) is 5.08. The molecule has 2 unspecified atom stereocenters. The maximum absolute atomic E-state index is 5.72. The molecule has 0 bridgehead atoms. The van der Waals surface area contributed by atoms with E-state index in [9.17, 15) is 0 Å². The number of nitrogens with one attached hydrogen (secondary N) is 1. The molecule has 1 aliphatic rings. The average molecular weight is 303 g/mol. The van der Waals surface area contributed by atoms with Gasteiger partial charge in [-0.1, -0.05) is 24.6 Å². The predicted molar refractivity (Wildman–Crippen MR) is 86.1 cm³/mol. The van der Waals surface area contributed by atoms with E-state index in [-0.39, 0.29) is 0 Å². The van der Waals surface area contributed by atoms with Gasteiger partial charge in [-0.05, 0) is 37.7 Å². The number of aromatic nitrogens is 2. The fraction of sp³-hybridized carbons (Fsp3) is 0.500. The standard InChI is InChI=1S/C16H21N3OS/c1-21-14-9-5-8-13(10-14)17-11-15-18-19-16(20-15)12-6-3-2-4-7-12/h2-4,6-7,13-14,17H,5,8-11H2,1H3. The van der Waals surface area contributed by atoms with Crippen molar-refractivity contribution in [3.8, 4) is 11.5 Å². The predicted octanol–water partition coefficient (Wildman–Crippen LogP) is 3.50. The van der Waals surface area contributed by atoms with Crippen molar-refractivity contribution >= 4 is 11.8 Å². The first-order valence-corrected chi connectivity index (χ1v) is 8.78. The first kappa shape index (κ1) is 14.6. The van der Waals surface area contributed by atoms with Gasteiger partial charge < -0.3 is 9.73 Å². The molecule has 1 aliphatic carbocycles. The molecule has 1 aromatic heterocycles. The Labute approximate surface area is 129 Å². The van der Waals surface area contributed by atoms with E-state index in [2.05, 4.69) is 21.8 Å². The van der Waals surface area contributed by atoms with Gasteiger partial charge in [0, 0.05) is 16.9 Å². The van der Waals surface area contributed by atoms with Crippen LogP contribution in [0, 0.1) is 0 Å². The minimum atomic E-state index is 0.572. The monoisotopic (exact) mass is 303 g/mol. The van der Waals surface area contributed by atoms with E-state index in [1.807, 2.05) is 42.1 Å². The van der Waals surface area contributed by atoms with Gasteiger partial charge in [-0.15, -0.1) is 10.2 Å². The number of rotatable bonds is 5. The lowest BCUT2D eigenvalue weighted by atomic mass is 9.95. The Hall–Kier alpha value is -1.33. The van der Waals surface area contributed by atoms with Gasteiger partial charge in [-0.2, -0.15) is 11.8 Å². The number of thioether (sulfide) groups is 1. The summed E-state index contributed by atoms with van der Waals surface area (Å²) in [7, 11) is 0. The van der Waals surface area contributed by atoms with Crippen molar-refractivity contribution in [2.75, 3.05) is 6.26 Å². The Morgan fingerprint density at radius 3 is 2.90 bits per heavy atom. The molecule has 21 heavy (non-hydrogen) atoms. The second-order valence-electron chi connectivity index (χ2n) is 5.47. The molecule has 4 nitrogen and oxygen atoms in total. The van der Waals surface area contributed by atoms with Crippen LogP contribution in [0.5, 0.6) is 0 Å². The van der Waals surface area contributed by atoms with Crippen molar-refractivity contribution in [2.45, 2.75) is 43.5 Å². The van der Waals surface area contributed by atoms with E-state index >= 15 is 0 Å². The molecular weight excluding hydrogens is 282 g/mol. The third-order valence-electron chi connectivity index (χ3n) is 3.99. The highest BCUT2D eigenvalue weighted by atomic mass is 32.2. The lowest BCUT2D eigenvalue weighted by Gasteiger charge is -2.28. The van der Waals surface area contributed by atoms with Crippen LogP contribution in [0.2, 0.25) is 0 Å². The molecule has 112 valence electrons. The van der Waals surface area contributed by atoms with Crippen LogP contribution in [-0.2, 0) is 6.54 Å². The Morgan fingerprint density at radius 2 is 2.10 bits per heavy atom. The van der Waals surface area contributed by atoms with Crippen LogP contribution < -0.4 is 5.32 Å². The molecule has 5 heteroatoms. The highest BCUT2D eigenvalue weighted by molar-refractivity contribution is 7.99. The van der Waals surface area contributed by atoms with Crippen molar-refractivity contribution in [2.24, 2.45) is 0 Å². The van der Waals surface area contributed by atoms with Gasteiger partial charge in [0.1, 0.15) is 0 Å². The maximum atomic E-state index is 5.72. The SMILES string of the molecule is CSC1CCCC(NCc2nnc(-c3ccccc3)o2)C1. The Kier molecular flexibility index (Phi) is 4.93. The molecule has 0 aliphatic heterocycles. The lowest BCUT2D eigenvalue weighted by Crippen LogP contribution is -2.34. The van der Waals surface area contributed by atoms with Gasteiger partial charge in [0.25, 0.3) is 0 Å². The fourth-order valence-corrected chi connectivity index (χ4v) is 3.63. The maximum Gasteiger partial charge on any atom is 0.247 e. The van der Waals surface area contributed by atoms with Gasteiger partial charge >= 0.3 is 0 Å². The van der Waals surface area contributed by atoms with Crippen molar-refractivity contribution in [1.82, 2.24) is 15.5 Å². The van der Waals surface area contributed by atoms with E-state index in [1.54, 1.807) is 0 Å². The zero-order chi connectivity index (χ0) is 14.5. The molecular formula is C16H21N3OS. The normalized spacial score (nSPS) is 22.3. The van der Waals surface area contributed by atoms with Crippen LogP contribution >= 0.6 is 11.8 Å². The molecule has 3 rings (SSSR count). The van der Waals surface area contributed by atoms with E-state index in [0.717, 1.165) is 10.8 Å². The van der Waals surface area contributed by atoms with Crippen LogP contribution in [0.15, 0.2) is 34.7 Å². The summed E-state index contributed by atoms with van der Waals surface area (Å²) in [4.78, 5) is 0. The minimum Gasteiger partial charge on any atom is -0.419 e. The topological polar surface area (TPSA) is 51.0 Å². The van der Waals surface area contributed by atoms with Crippen molar-refractivity contribution in [3.05, 3.63) is 36.2 Å².